The number of hydrogen-bond donors (Lipinski definition) is 1. The predicted molar refractivity (Wildman–Crippen MR) is 94.7 cm³/mol. The van der Waals surface area contributed by atoms with Gasteiger partial charge in [-0.3, -0.25) is 0 Å². The fourth-order valence-electron chi connectivity index (χ4n) is 2.36. The summed E-state index contributed by atoms with van der Waals surface area (Å²) in [7, 11) is 4.64. The molecular formula is C19H25ClIrNO2. The Balaban J connectivity index is 0.000000405. The zero-order valence-electron chi connectivity index (χ0n) is 14.8. The van der Waals surface area contributed by atoms with Crippen LogP contribution in [0.4, 0.5) is 0 Å². The first-order valence-corrected chi connectivity index (χ1v) is 10.5. The molecule has 2 aromatic rings. The van der Waals surface area contributed by atoms with Gasteiger partial charge in [0.05, 0.1) is 5.97 Å². The SMILES string of the molecule is Cc1c(C)c(C)[c-](C)c1C.N[C@@H](Cc1ccccc1)C(=O)[O-].[Cl][Ir+2]. The molecule has 0 aliphatic carbocycles. The Morgan fingerprint density at radius 3 is 1.83 bits per heavy atom. The van der Waals surface area contributed by atoms with Crippen molar-refractivity contribution in [2.75, 3.05) is 0 Å². The van der Waals surface area contributed by atoms with Gasteiger partial charge in [-0.25, -0.2) is 0 Å². The van der Waals surface area contributed by atoms with Gasteiger partial charge in [0, 0.05) is 6.04 Å². The van der Waals surface area contributed by atoms with Gasteiger partial charge in [0.15, 0.2) is 0 Å². The van der Waals surface area contributed by atoms with Crippen LogP contribution in [0.2, 0.25) is 0 Å². The molecule has 0 saturated carbocycles. The molecule has 0 radical (unpaired) electrons. The maximum atomic E-state index is 10.3. The van der Waals surface area contributed by atoms with Gasteiger partial charge in [-0.2, -0.15) is 27.8 Å². The molecule has 0 heterocycles. The van der Waals surface area contributed by atoms with E-state index in [0.717, 1.165) is 5.56 Å². The van der Waals surface area contributed by atoms with Crippen LogP contribution in [-0.2, 0) is 29.1 Å². The maximum absolute atomic E-state index is 10.3. The molecule has 0 amide bonds. The van der Waals surface area contributed by atoms with Crippen molar-refractivity contribution in [2.45, 2.75) is 47.1 Å². The van der Waals surface area contributed by atoms with Crippen molar-refractivity contribution >= 4 is 15.6 Å². The van der Waals surface area contributed by atoms with Gasteiger partial charge in [-0.05, 0) is 12.0 Å². The van der Waals surface area contributed by atoms with Gasteiger partial charge in [-0.15, -0.1) is 0 Å². The van der Waals surface area contributed by atoms with Crippen LogP contribution in [0.15, 0.2) is 30.3 Å². The van der Waals surface area contributed by atoms with E-state index in [0.29, 0.717) is 6.42 Å². The second-order valence-electron chi connectivity index (χ2n) is 5.74. The average Bonchev–Trinajstić information content (AvgIpc) is 2.76. The molecule has 0 aliphatic rings. The van der Waals surface area contributed by atoms with Crippen molar-refractivity contribution in [2.24, 2.45) is 5.73 Å². The number of hydrogen-bond acceptors (Lipinski definition) is 3. The van der Waals surface area contributed by atoms with Gasteiger partial charge >= 0.3 is 27.5 Å². The van der Waals surface area contributed by atoms with Crippen LogP contribution in [0.1, 0.15) is 33.4 Å². The summed E-state index contributed by atoms with van der Waals surface area (Å²) < 4.78 is 0. The Kier molecular flexibility index (Phi) is 11.0. The first-order chi connectivity index (χ1) is 11.3. The predicted octanol–water partition coefficient (Wildman–Crippen LogP) is 2.94. The van der Waals surface area contributed by atoms with E-state index in [2.05, 4.69) is 44.2 Å². The van der Waals surface area contributed by atoms with E-state index in [4.69, 9.17) is 5.73 Å². The Labute approximate surface area is 159 Å². The Bertz CT molecular complexity index is 558. The Morgan fingerprint density at radius 1 is 1.12 bits per heavy atom. The quantitative estimate of drug-likeness (QED) is 0.625. The average molecular weight is 527 g/mol. The molecule has 0 bridgehead atoms. The molecule has 1 atom stereocenters. The summed E-state index contributed by atoms with van der Waals surface area (Å²) in [5.41, 5.74) is 13.5. The van der Waals surface area contributed by atoms with E-state index in [1.54, 1.807) is 0 Å². The van der Waals surface area contributed by atoms with Crippen LogP contribution >= 0.6 is 9.58 Å². The van der Waals surface area contributed by atoms with Gasteiger partial charge in [0.2, 0.25) is 0 Å². The normalized spacial score (nSPS) is 10.8. The molecular weight excluding hydrogens is 502 g/mol. The van der Waals surface area contributed by atoms with Crippen LogP contribution in [0.5, 0.6) is 0 Å². The molecule has 0 aliphatic heterocycles. The third kappa shape index (κ3) is 6.82. The monoisotopic (exact) mass is 527 g/mol. The second-order valence-corrected chi connectivity index (χ2v) is 5.74. The Hall–Kier alpha value is -1.06. The van der Waals surface area contributed by atoms with Crippen LogP contribution in [0.3, 0.4) is 0 Å². The number of carbonyl (C=O) groups excluding carboxylic acids is 1. The second kappa shape index (κ2) is 11.5. The van der Waals surface area contributed by atoms with E-state index < -0.39 is 12.0 Å². The summed E-state index contributed by atoms with van der Waals surface area (Å²) in [5, 5.41) is 10.3. The topological polar surface area (TPSA) is 66.2 Å². The molecule has 3 nitrogen and oxygen atoms in total. The van der Waals surface area contributed by atoms with Crippen molar-refractivity contribution in [1.82, 2.24) is 0 Å². The summed E-state index contributed by atoms with van der Waals surface area (Å²) in [6, 6.07) is 8.32. The van der Waals surface area contributed by atoms with Crippen LogP contribution < -0.4 is 10.8 Å². The summed E-state index contributed by atoms with van der Waals surface area (Å²) >= 11 is 1.47. The molecule has 0 unspecified atom stereocenters. The molecule has 5 heteroatoms. The van der Waals surface area contributed by atoms with Gasteiger partial charge in [0.25, 0.3) is 0 Å². The van der Waals surface area contributed by atoms with Gasteiger partial charge < -0.3 is 15.6 Å². The third-order valence-corrected chi connectivity index (χ3v) is 4.41. The number of halogens is 1. The number of nitrogens with two attached hydrogens (primary N) is 1. The van der Waals surface area contributed by atoms with Crippen molar-refractivity contribution in [1.29, 1.82) is 0 Å². The van der Waals surface area contributed by atoms with Crippen molar-refractivity contribution < 1.29 is 27.8 Å². The molecule has 2 aromatic carbocycles. The molecule has 0 aromatic heterocycles. The van der Waals surface area contributed by atoms with E-state index in [9.17, 15) is 9.90 Å². The first-order valence-electron chi connectivity index (χ1n) is 7.58. The zero-order chi connectivity index (χ0) is 18.9. The van der Waals surface area contributed by atoms with E-state index in [1.165, 1.54) is 45.7 Å². The number of carbonyl (C=O) groups is 1. The molecule has 0 fully saturated rings. The first kappa shape index (κ1) is 22.9. The molecule has 0 saturated heterocycles. The summed E-state index contributed by atoms with van der Waals surface area (Å²) in [4.78, 5) is 10.3. The Morgan fingerprint density at radius 2 is 1.54 bits per heavy atom. The van der Waals surface area contributed by atoms with Gasteiger partial charge in [0.1, 0.15) is 0 Å². The number of benzene rings is 1. The van der Waals surface area contributed by atoms with Crippen LogP contribution in [0.25, 0.3) is 0 Å². The van der Waals surface area contributed by atoms with E-state index in [-0.39, 0.29) is 0 Å². The zero-order valence-corrected chi connectivity index (χ0v) is 17.9. The summed E-state index contributed by atoms with van der Waals surface area (Å²) in [5.74, 6) is -1.21. The molecule has 0 spiro atoms. The minimum absolute atomic E-state index is 0.323. The fraction of sp³-hybridized carbons (Fsp3) is 0.368. The van der Waals surface area contributed by atoms with Crippen molar-refractivity contribution in [3.8, 4) is 0 Å². The fourth-order valence-corrected chi connectivity index (χ4v) is 2.36. The van der Waals surface area contributed by atoms with Crippen molar-refractivity contribution in [3.05, 3.63) is 63.7 Å². The van der Waals surface area contributed by atoms with Crippen LogP contribution in [0, 0.1) is 34.6 Å². The molecule has 2 N–H and O–H groups in total. The summed E-state index contributed by atoms with van der Waals surface area (Å²) in [6.07, 6.45) is 0.323. The molecule has 24 heavy (non-hydrogen) atoms. The minimum atomic E-state index is -1.21. The van der Waals surface area contributed by atoms with Crippen molar-refractivity contribution in [3.63, 3.8) is 0 Å². The van der Waals surface area contributed by atoms with Gasteiger partial charge in [-0.1, -0.05) is 65.0 Å². The molecule has 2 rings (SSSR count). The number of aliphatic carboxylic acids is 1. The standard InChI is InChI=1S/C10H15.C9H11NO2.ClH.Ir/c1-6-7(2)9(4)10(5)8(6)3;10-8(9(11)12)6-7-4-2-1-3-5-7;;/h1-5H3;1-5,8H,6,10H2,(H,11,12);1H;/q-1;;;+3/p-2/t;8-;;/m.0../s1. The number of carboxylic acids is 1. The van der Waals surface area contributed by atoms with E-state index >= 15 is 0 Å². The third-order valence-electron chi connectivity index (χ3n) is 4.41. The molecule has 134 valence electrons. The summed E-state index contributed by atoms with van der Waals surface area (Å²) in [6.45, 7) is 11.0. The van der Waals surface area contributed by atoms with Crippen LogP contribution in [-0.4, -0.2) is 12.0 Å². The van der Waals surface area contributed by atoms with E-state index in [1.807, 2.05) is 30.3 Å². The number of rotatable bonds is 3. The number of carboxylic acid groups (broad SMARTS) is 1.